The number of thiophene rings is 1. The van der Waals surface area contributed by atoms with Crippen molar-refractivity contribution in [3.05, 3.63) is 22.4 Å². The molecule has 0 aliphatic heterocycles. The van der Waals surface area contributed by atoms with Crippen LogP contribution >= 0.6 is 35.3 Å². The molecule has 2 rings (SSSR count). The number of nitrogens with zero attached hydrogens (tertiary/aromatic N) is 2. The van der Waals surface area contributed by atoms with E-state index in [1.54, 1.807) is 0 Å². The highest BCUT2D eigenvalue weighted by atomic mass is 127. The molecule has 2 N–H and O–H groups in total. The molecule has 0 bridgehead atoms. The molecule has 1 aliphatic rings. The number of halogens is 1. The highest BCUT2D eigenvalue weighted by Crippen LogP contribution is 2.27. The molecule has 1 aromatic rings. The number of nitrogens with one attached hydrogen (secondary N) is 2. The summed E-state index contributed by atoms with van der Waals surface area (Å²) < 4.78 is 0. The number of hydrogen-bond acceptors (Lipinski definition) is 3. The van der Waals surface area contributed by atoms with Gasteiger partial charge in [0.1, 0.15) is 0 Å². The van der Waals surface area contributed by atoms with Gasteiger partial charge in [0.2, 0.25) is 0 Å². The highest BCUT2D eigenvalue weighted by Gasteiger charge is 2.27. The molecule has 1 saturated carbocycles. The van der Waals surface area contributed by atoms with Gasteiger partial charge in [-0.15, -0.1) is 35.3 Å². The maximum Gasteiger partial charge on any atom is 0.191 e. The van der Waals surface area contributed by atoms with Gasteiger partial charge in [-0.25, -0.2) is 0 Å². The molecule has 0 saturated heterocycles. The van der Waals surface area contributed by atoms with Gasteiger partial charge >= 0.3 is 0 Å². The van der Waals surface area contributed by atoms with E-state index in [2.05, 4.69) is 58.8 Å². The molecule has 0 radical (unpaired) electrons. The van der Waals surface area contributed by atoms with Crippen LogP contribution in [0, 0.1) is 0 Å². The van der Waals surface area contributed by atoms with Gasteiger partial charge in [-0.05, 0) is 30.8 Å². The van der Waals surface area contributed by atoms with Crippen LogP contribution in [-0.2, 0) is 5.41 Å². The van der Waals surface area contributed by atoms with Gasteiger partial charge in [-0.2, -0.15) is 0 Å². The minimum Gasteiger partial charge on any atom is -0.356 e. The molecule has 1 heterocycles. The zero-order valence-corrected chi connectivity index (χ0v) is 17.9. The predicted octanol–water partition coefficient (Wildman–Crippen LogP) is 3.29. The quantitative estimate of drug-likeness (QED) is 0.363. The first-order valence-electron chi connectivity index (χ1n) is 8.29. The van der Waals surface area contributed by atoms with E-state index in [0.29, 0.717) is 0 Å². The third-order valence-corrected chi connectivity index (χ3v) is 5.51. The second kappa shape index (κ2) is 9.84. The summed E-state index contributed by atoms with van der Waals surface area (Å²) in [6.07, 6.45) is 2.74. The Kier molecular flexibility index (Phi) is 8.85. The van der Waals surface area contributed by atoms with Gasteiger partial charge < -0.3 is 10.6 Å². The fraction of sp³-hybridized carbons (Fsp3) is 0.706. The lowest BCUT2D eigenvalue weighted by Crippen LogP contribution is -2.45. The van der Waals surface area contributed by atoms with Crippen LogP contribution in [0.3, 0.4) is 0 Å². The third kappa shape index (κ3) is 6.58. The first-order valence-corrected chi connectivity index (χ1v) is 9.17. The minimum absolute atomic E-state index is 0. The van der Waals surface area contributed by atoms with Crippen molar-refractivity contribution in [2.75, 3.05) is 33.2 Å². The van der Waals surface area contributed by atoms with Crippen LogP contribution in [0.1, 0.15) is 38.5 Å². The van der Waals surface area contributed by atoms with E-state index < -0.39 is 0 Å². The van der Waals surface area contributed by atoms with Gasteiger partial charge in [-0.1, -0.05) is 26.8 Å². The fourth-order valence-corrected chi connectivity index (χ4v) is 3.48. The van der Waals surface area contributed by atoms with Crippen molar-refractivity contribution in [2.24, 2.45) is 4.99 Å². The summed E-state index contributed by atoms with van der Waals surface area (Å²) in [6, 6.07) is 5.16. The van der Waals surface area contributed by atoms with E-state index in [1.807, 2.05) is 18.4 Å². The van der Waals surface area contributed by atoms with E-state index in [1.165, 1.54) is 17.7 Å². The van der Waals surface area contributed by atoms with Crippen molar-refractivity contribution in [3.63, 3.8) is 0 Å². The normalized spacial score (nSPS) is 15.4. The topological polar surface area (TPSA) is 39.7 Å². The summed E-state index contributed by atoms with van der Waals surface area (Å²) in [7, 11) is 1.84. The van der Waals surface area contributed by atoms with E-state index in [-0.39, 0.29) is 29.4 Å². The molecule has 23 heavy (non-hydrogen) atoms. The molecule has 0 atom stereocenters. The van der Waals surface area contributed by atoms with E-state index in [0.717, 1.165) is 38.2 Å². The summed E-state index contributed by atoms with van der Waals surface area (Å²) in [6.45, 7) is 10.8. The Labute approximate surface area is 162 Å². The Morgan fingerprint density at radius 1 is 1.39 bits per heavy atom. The molecule has 132 valence electrons. The van der Waals surface area contributed by atoms with Crippen molar-refractivity contribution in [2.45, 2.75) is 45.1 Å². The molecule has 0 spiro atoms. The molecule has 1 aromatic heterocycles. The maximum atomic E-state index is 4.33. The summed E-state index contributed by atoms with van der Waals surface area (Å²) in [4.78, 5) is 8.29. The second-order valence-electron chi connectivity index (χ2n) is 6.57. The smallest absolute Gasteiger partial charge is 0.191 e. The number of guanidine groups is 1. The third-order valence-electron chi connectivity index (χ3n) is 4.27. The summed E-state index contributed by atoms with van der Waals surface area (Å²) in [5.41, 5.74) is 0.120. The zero-order chi connectivity index (χ0) is 16.0. The largest absolute Gasteiger partial charge is 0.356 e. The standard InChI is InChI=1S/C17H30N4S.HI/c1-5-21(14-8-9-14)11-10-19-16(18-4)20-13-17(2,3)15-7-6-12-22-15;/h6-7,12,14H,5,8-11,13H2,1-4H3,(H2,18,19,20);1H. The Balaban J connectivity index is 0.00000264. The van der Waals surface area contributed by atoms with Crippen LogP contribution in [0.2, 0.25) is 0 Å². The lowest BCUT2D eigenvalue weighted by atomic mass is 9.91. The van der Waals surface area contributed by atoms with Crippen LogP contribution < -0.4 is 10.6 Å². The predicted molar refractivity (Wildman–Crippen MR) is 112 cm³/mol. The van der Waals surface area contributed by atoms with Crippen LogP contribution in [0.4, 0.5) is 0 Å². The molecule has 4 nitrogen and oxygen atoms in total. The number of rotatable bonds is 8. The average Bonchev–Trinajstić information content (AvgIpc) is 3.18. The molecular formula is C17H31IN4S. The van der Waals surface area contributed by atoms with Gasteiger partial charge in [0, 0.05) is 43.0 Å². The first-order chi connectivity index (χ1) is 10.6. The summed E-state index contributed by atoms with van der Waals surface area (Å²) in [5.74, 6) is 0.900. The van der Waals surface area contributed by atoms with E-state index in [9.17, 15) is 0 Å². The molecule has 0 aromatic carbocycles. The second-order valence-corrected chi connectivity index (χ2v) is 7.52. The van der Waals surface area contributed by atoms with Crippen LogP contribution in [0.5, 0.6) is 0 Å². The van der Waals surface area contributed by atoms with Gasteiger partial charge in [0.25, 0.3) is 0 Å². The van der Waals surface area contributed by atoms with Gasteiger partial charge in [0.05, 0.1) is 0 Å². The van der Waals surface area contributed by atoms with Crippen molar-refractivity contribution >= 4 is 41.3 Å². The molecule has 1 aliphatic carbocycles. The lowest BCUT2D eigenvalue weighted by Gasteiger charge is -2.25. The fourth-order valence-electron chi connectivity index (χ4n) is 2.63. The van der Waals surface area contributed by atoms with Crippen LogP contribution in [0.15, 0.2) is 22.5 Å². The summed E-state index contributed by atoms with van der Waals surface area (Å²) in [5, 5.41) is 9.04. The van der Waals surface area contributed by atoms with Crippen molar-refractivity contribution < 1.29 is 0 Å². The van der Waals surface area contributed by atoms with E-state index in [4.69, 9.17) is 0 Å². The average molecular weight is 450 g/mol. The summed E-state index contributed by atoms with van der Waals surface area (Å²) >= 11 is 1.82. The Morgan fingerprint density at radius 2 is 2.13 bits per heavy atom. The highest BCUT2D eigenvalue weighted by molar-refractivity contribution is 14.0. The Bertz CT molecular complexity index is 469. The lowest BCUT2D eigenvalue weighted by molar-refractivity contribution is 0.282. The zero-order valence-electron chi connectivity index (χ0n) is 14.8. The number of likely N-dealkylation sites (N-methyl/N-ethyl adjacent to an activating group) is 1. The van der Waals surface area contributed by atoms with Crippen LogP contribution in [-0.4, -0.2) is 50.1 Å². The molecule has 6 heteroatoms. The van der Waals surface area contributed by atoms with Crippen molar-refractivity contribution in [3.8, 4) is 0 Å². The van der Waals surface area contributed by atoms with Crippen LogP contribution in [0.25, 0.3) is 0 Å². The molecule has 0 unspecified atom stereocenters. The number of hydrogen-bond donors (Lipinski definition) is 2. The maximum absolute atomic E-state index is 4.33. The van der Waals surface area contributed by atoms with Crippen molar-refractivity contribution in [1.29, 1.82) is 0 Å². The monoisotopic (exact) mass is 450 g/mol. The SMILES string of the molecule is CCN(CCNC(=NC)NCC(C)(C)c1cccs1)C1CC1.I. The molecular weight excluding hydrogens is 419 g/mol. The molecule has 1 fully saturated rings. The van der Waals surface area contributed by atoms with Gasteiger partial charge in [-0.3, -0.25) is 9.89 Å². The Morgan fingerprint density at radius 3 is 2.65 bits per heavy atom. The Hall–Kier alpha value is -0.340. The first kappa shape index (κ1) is 20.7. The van der Waals surface area contributed by atoms with Gasteiger partial charge in [0.15, 0.2) is 5.96 Å². The molecule has 0 amide bonds. The minimum atomic E-state index is 0. The number of aliphatic imine (C=N–C) groups is 1. The van der Waals surface area contributed by atoms with Crippen molar-refractivity contribution in [1.82, 2.24) is 15.5 Å². The van der Waals surface area contributed by atoms with E-state index >= 15 is 0 Å².